The molecule has 0 saturated carbocycles. The van der Waals surface area contributed by atoms with Gasteiger partial charge in [-0.3, -0.25) is 0 Å². The summed E-state index contributed by atoms with van der Waals surface area (Å²) in [6.07, 6.45) is 0. The molecule has 3 aromatic rings. The summed E-state index contributed by atoms with van der Waals surface area (Å²) in [5.41, 5.74) is 9.97. The third kappa shape index (κ3) is 6.20. The van der Waals surface area contributed by atoms with Crippen molar-refractivity contribution >= 4 is 13.2 Å². The molecule has 0 aliphatic heterocycles. The average Bonchev–Trinajstić information content (AvgIpc) is 2.81. The van der Waals surface area contributed by atoms with Gasteiger partial charge in [-0.1, -0.05) is 133 Å². The SMILES string of the molecule is COc1ccc(-c2c(C(C)C)cc(C(C)C)c(-c3ccccc3P(C(C)(C)C)C(C)(C)C)c2C(C)C)cc1. The number of rotatable bonds is 7. The first-order valence-corrected chi connectivity index (χ1v) is 15.7. The van der Waals surface area contributed by atoms with E-state index in [2.05, 4.69) is 138 Å². The lowest BCUT2D eigenvalue weighted by Gasteiger charge is -2.43. The second-order valence-corrected chi connectivity index (χ2v) is 17.4. The number of hydrogen-bond acceptors (Lipinski definition) is 1. The maximum Gasteiger partial charge on any atom is 0.118 e. The predicted octanol–water partition coefficient (Wildman–Crippen LogP) is 11.1. The molecule has 3 rings (SSSR count). The van der Waals surface area contributed by atoms with Gasteiger partial charge in [-0.25, -0.2) is 0 Å². The van der Waals surface area contributed by atoms with Gasteiger partial charge in [0.1, 0.15) is 5.75 Å². The Morgan fingerprint density at radius 2 is 1.13 bits per heavy atom. The van der Waals surface area contributed by atoms with Crippen molar-refractivity contribution < 1.29 is 4.74 Å². The minimum absolute atomic E-state index is 0.191. The maximum atomic E-state index is 5.51. The van der Waals surface area contributed by atoms with Gasteiger partial charge in [-0.2, -0.15) is 0 Å². The van der Waals surface area contributed by atoms with Gasteiger partial charge in [-0.05, 0) is 84.4 Å². The summed E-state index contributed by atoms with van der Waals surface area (Å²) in [5, 5.41) is 1.91. The van der Waals surface area contributed by atoms with Crippen LogP contribution in [0.25, 0.3) is 22.3 Å². The maximum absolute atomic E-state index is 5.51. The van der Waals surface area contributed by atoms with E-state index in [4.69, 9.17) is 4.74 Å². The lowest BCUT2D eigenvalue weighted by Crippen LogP contribution is -2.32. The van der Waals surface area contributed by atoms with Crippen LogP contribution < -0.4 is 10.0 Å². The topological polar surface area (TPSA) is 9.23 Å². The number of benzene rings is 3. The number of ether oxygens (including phenoxy) is 1. The fourth-order valence-corrected chi connectivity index (χ4v) is 10.3. The fraction of sp³-hybridized carbons (Fsp3) is 0.500. The molecule has 0 unspecified atom stereocenters. The average molecular weight is 531 g/mol. The van der Waals surface area contributed by atoms with Crippen molar-refractivity contribution in [3.63, 3.8) is 0 Å². The molecule has 0 amide bonds. The molecule has 0 fully saturated rings. The highest BCUT2D eigenvalue weighted by molar-refractivity contribution is 7.68. The quantitative estimate of drug-likeness (QED) is 0.276. The first kappa shape index (κ1) is 30.4. The molecule has 2 heteroatoms. The van der Waals surface area contributed by atoms with Crippen molar-refractivity contribution in [2.45, 2.75) is 111 Å². The smallest absolute Gasteiger partial charge is 0.118 e. The van der Waals surface area contributed by atoms with E-state index in [9.17, 15) is 0 Å². The minimum atomic E-state index is -0.453. The highest BCUT2D eigenvalue weighted by Crippen LogP contribution is 2.60. The standard InChI is InChI=1S/C36H51OP/c1-23(2)29-22-30(24(3)4)34(32(25(5)6)33(29)26-18-20-27(37-13)21-19-26)28-16-14-15-17-31(28)38(35(7,8)9)36(10,11)12/h14-25H,1-13H3. The van der Waals surface area contributed by atoms with Crippen molar-refractivity contribution in [2.75, 3.05) is 7.11 Å². The van der Waals surface area contributed by atoms with E-state index in [-0.39, 0.29) is 10.3 Å². The molecule has 0 aromatic heterocycles. The van der Waals surface area contributed by atoms with Gasteiger partial charge in [0, 0.05) is 0 Å². The Kier molecular flexibility index (Phi) is 9.25. The van der Waals surface area contributed by atoms with E-state index < -0.39 is 7.92 Å². The Hall–Kier alpha value is -2.11. The second kappa shape index (κ2) is 11.6. The zero-order valence-electron chi connectivity index (χ0n) is 26.3. The number of methoxy groups -OCH3 is 1. The van der Waals surface area contributed by atoms with Gasteiger partial charge in [0.2, 0.25) is 0 Å². The third-order valence-electron chi connectivity index (χ3n) is 7.38. The van der Waals surface area contributed by atoms with Crippen LogP contribution in [0.4, 0.5) is 0 Å². The summed E-state index contributed by atoms with van der Waals surface area (Å²) < 4.78 is 5.51. The lowest BCUT2D eigenvalue weighted by molar-refractivity contribution is 0.415. The van der Waals surface area contributed by atoms with Crippen LogP contribution in [0.5, 0.6) is 5.75 Å². The van der Waals surface area contributed by atoms with Crippen LogP contribution in [-0.4, -0.2) is 17.4 Å². The van der Waals surface area contributed by atoms with Gasteiger partial charge < -0.3 is 4.74 Å². The van der Waals surface area contributed by atoms with Gasteiger partial charge >= 0.3 is 0 Å². The molecule has 0 spiro atoms. The van der Waals surface area contributed by atoms with Crippen LogP contribution in [0.1, 0.15) is 118 Å². The summed E-state index contributed by atoms with van der Waals surface area (Å²) >= 11 is 0. The lowest BCUT2D eigenvalue weighted by atomic mass is 9.76. The van der Waals surface area contributed by atoms with E-state index in [0.717, 1.165) is 5.75 Å². The Balaban J connectivity index is 2.56. The van der Waals surface area contributed by atoms with Crippen LogP contribution in [0, 0.1) is 0 Å². The summed E-state index contributed by atoms with van der Waals surface area (Å²) in [7, 11) is 1.29. The molecule has 0 bridgehead atoms. The molecule has 1 nitrogen and oxygen atoms in total. The largest absolute Gasteiger partial charge is 0.497 e. The fourth-order valence-electron chi connectivity index (χ4n) is 6.23. The van der Waals surface area contributed by atoms with Crippen LogP contribution in [0.3, 0.4) is 0 Å². The molecule has 0 radical (unpaired) electrons. The Morgan fingerprint density at radius 3 is 1.58 bits per heavy atom. The van der Waals surface area contributed by atoms with Crippen LogP contribution in [-0.2, 0) is 0 Å². The van der Waals surface area contributed by atoms with E-state index in [1.807, 2.05) is 0 Å². The van der Waals surface area contributed by atoms with Gasteiger partial charge in [-0.15, -0.1) is 0 Å². The highest BCUT2D eigenvalue weighted by atomic mass is 31.1. The van der Waals surface area contributed by atoms with Crippen LogP contribution >= 0.6 is 7.92 Å². The Morgan fingerprint density at radius 1 is 0.632 bits per heavy atom. The predicted molar refractivity (Wildman–Crippen MR) is 172 cm³/mol. The van der Waals surface area contributed by atoms with Crippen molar-refractivity contribution in [3.8, 4) is 28.0 Å². The van der Waals surface area contributed by atoms with Crippen molar-refractivity contribution in [3.05, 3.63) is 71.3 Å². The van der Waals surface area contributed by atoms with Gasteiger partial charge in [0.15, 0.2) is 0 Å². The molecule has 0 N–H and O–H groups in total. The molecule has 0 aliphatic carbocycles. The minimum Gasteiger partial charge on any atom is -0.497 e. The molecule has 0 saturated heterocycles. The molecule has 206 valence electrons. The molecule has 0 heterocycles. The summed E-state index contributed by atoms with van der Waals surface area (Å²) in [6.45, 7) is 28.7. The highest BCUT2D eigenvalue weighted by Gasteiger charge is 2.38. The van der Waals surface area contributed by atoms with E-state index in [0.29, 0.717) is 17.8 Å². The Bertz CT molecular complexity index is 1220. The Labute approximate surface area is 235 Å². The monoisotopic (exact) mass is 530 g/mol. The first-order chi connectivity index (χ1) is 17.6. The van der Waals surface area contributed by atoms with Gasteiger partial charge in [0.05, 0.1) is 7.11 Å². The zero-order valence-corrected chi connectivity index (χ0v) is 27.2. The molecule has 38 heavy (non-hydrogen) atoms. The molecule has 0 aliphatic rings. The second-order valence-electron chi connectivity index (χ2n) is 13.6. The van der Waals surface area contributed by atoms with Gasteiger partial charge in [0.25, 0.3) is 0 Å². The third-order valence-corrected chi connectivity index (χ3v) is 10.9. The van der Waals surface area contributed by atoms with E-state index in [1.54, 1.807) is 7.11 Å². The normalized spacial score (nSPS) is 12.8. The summed E-state index contributed by atoms with van der Waals surface area (Å²) in [6, 6.07) is 20.6. The first-order valence-electron chi connectivity index (χ1n) is 14.3. The zero-order chi connectivity index (χ0) is 28.6. The van der Waals surface area contributed by atoms with Crippen molar-refractivity contribution in [1.29, 1.82) is 0 Å². The molecular weight excluding hydrogens is 479 g/mol. The summed E-state index contributed by atoms with van der Waals surface area (Å²) in [5.74, 6) is 2.12. The van der Waals surface area contributed by atoms with Crippen molar-refractivity contribution in [1.82, 2.24) is 0 Å². The van der Waals surface area contributed by atoms with E-state index >= 15 is 0 Å². The van der Waals surface area contributed by atoms with E-state index in [1.165, 1.54) is 44.2 Å². The summed E-state index contributed by atoms with van der Waals surface area (Å²) in [4.78, 5) is 0. The van der Waals surface area contributed by atoms with Crippen LogP contribution in [0.2, 0.25) is 0 Å². The van der Waals surface area contributed by atoms with Crippen LogP contribution in [0.15, 0.2) is 54.6 Å². The molecule has 3 aromatic carbocycles. The number of hydrogen-bond donors (Lipinski definition) is 0. The van der Waals surface area contributed by atoms with Crippen molar-refractivity contribution in [2.24, 2.45) is 0 Å². The molecule has 0 atom stereocenters. The molecular formula is C36H51OP.